The highest BCUT2D eigenvalue weighted by Gasteiger charge is 2.37. The third-order valence-corrected chi connectivity index (χ3v) is 8.63. The van der Waals surface area contributed by atoms with Crippen molar-refractivity contribution in [1.82, 2.24) is 15.0 Å². The standard InChI is InChI=1S/C23H38N4O3S/c1-3-13-31(29,30)27-21(14-18-9-6-8-17-7-4-5-10-20(17)18)23(28)25-15-19-11-12-22(24)26-16(19)2/h11-12,17-18,20-21,27H,3-10,13-15H2,1-2H3,(H2,24,26)(H,25,28)/t17?,18?,20?,21-/m0/s1. The number of hydrogen-bond donors (Lipinski definition) is 3. The molecular weight excluding hydrogens is 412 g/mol. The van der Waals surface area contributed by atoms with Crippen LogP contribution in [0.25, 0.3) is 0 Å². The van der Waals surface area contributed by atoms with Crippen molar-refractivity contribution in [1.29, 1.82) is 0 Å². The van der Waals surface area contributed by atoms with Crippen LogP contribution in [-0.2, 0) is 21.4 Å². The Bertz CT molecular complexity index is 856. The van der Waals surface area contributed by atoms with Crippen LogP contribution in [0.2, 0.25) is 0 Å². The lowest BCUT2D eigenvalue weighted by molar-refractivity contribution is -0.123. The van der Waals surface area contributed by atoms with E-state index in [4.69, 9.17) is 5.73 Å². The number of nitrogens with one attached hydrogen (secondary N) is 2. The van der Waals surface area contributed by atoms with Crippen molar-refractivity contribution in [3.63, 3.8) is 0 Å². The molecular formula is C23H38N4O3S. The number of hydrogen-bond acceptors (Lipinski definition) is 5. The summed E-state index contributed by atoms with van der Waals surface area (Å²) in [5, 5.41) is 2.94. The van der Waals surface area contributed by atoms with Crippen LogP contribution in [0.5, 0.6) is 0 Å². The highest BCUT2D eigenvalue weighted by atomic mass is 32.2. The molecule has 0 aromatic carbocycles. The maximum absolute atomic E-state index is 13.1. The number of nitrogens with two attached hydrogens (primary N) is 1. The fourth-order valence-corrected chi connectivity index (χ4v) is 6.81. The monoisotopic (exact) mass is 450 g/mol. The summed E-state index contributed by atoms with van der Waals surface area (Å²) in [7, 11) is -3.49. The molecule has 2 aliphatic rings. The summed E-state index contributed by atoms with van der Waals surface area (Å²) in [6, 6.07) is 2.83. The number of carbonyl (C=O) groups excluding carboxylic acids is 1. The van der Waals surface area contributed by atoms with Crippen molar-refractivity contribution in [3.05, 3.63) is 23.4 Å². The Kier molecular flexibility index (Phi) is 8.33. The maximum atomic E-state index is 13.1. The van der Waals surface area contributed by atoms with Crippen molar-refractivity contribution >= 4 is 21.7 Å². The van der Waals surface area contributed by atoms with Gasteiger partial charge in [-0.25, -0.2) is 18.1 Å². The zero-order chi connectivity index (χ0) is 22.4. The van der Waals surface area contributed by atoms with E-state index in [2.05, 4.69) is 15.0 Å². The van der Waals surface area contributed by atoms with Crippen LogP contribution in [0.4, 0.5) is 5.82 Å². The third kappa shape index (κ3) is 6.65. The van der Waals surface area contributed by atoms with Crippen LogP contribution in [0, 0.1) is 24.7 Å². The van der Waals surface area contributed by atoms with Crippen LogP contribution in [-0.4, -0.2) is 31.1 Å². The molecule has 2 fully saturated rings. The van der Waals surface area contributed by atoms with Crippen molar-refractivity contribution < 1.29 is 13.2 Å². The van der Waals surface area contributed by atoms with E-state index in [1.807, 2.05) is 19.9 Å². The molecule has 174 valence electrons. The van der Waals surface area contributed by atoms with Gasteiger partial charge in [-0.15, -0.1) is 0 Å². The molecule has 1 aromatic heterocycles. The zero-order valence-electron chi connectivity index (χ0n) is 18.9. The Morgan fingerprint density at radius 1 is 1.19 bits per heavy atom. The van der Waals surface area contributed by atoms with Crippen LogP contribution < -0.4 is 15.8 Å². The van der Waals surface area contributed by atoms with Gasteiger partial charge >= 0.3 is 0 Å². The second-order valence-electron chi connectivity index (χ2n) is 9.32. The minimum absolute atomic E-state index is 0.0362. The van der Waals surface area contributed by atoms with Gasteiger partial charge in [0.25, 0.3) is 0 Å². The lowest BCUT2D eigenvalue weighted by atomic mass is 9.64. The fraction of sp³-hybridized carbons (Fsp3) is 0.739. The normalized spacial score (nSPS) is 24.9. The first-order valence-electron chi connectivity index (χ1n) is 11.8. The van der Waals surface area contributed by atoms with Gasteiger partial charge in [-0.2, -0.15) is 0 Å². The van der Waals surface area contributed by atoms with E-state index in [-0.39, 0.29) is 11.7 Å². The summed E-state index contributed by atoms with van der Waals surface area (Å²) >= 11 is 0. The Morgan fingerprint density at radius 3 is 2.68 bits per heavy atom. The molecule has 1 amide bonds. The average molecular weight is 451 g/mol. The fourth-order valence-electron chi connectivity index (χ4n) is 5.52. The molecule has 31 heavy (non-hydrogen) atoms. The smallest absolute Gasteiger partial charge is 0.238 e. The number of anilines is 1. The highest BCUT2D eigenvalue weighted by Crippen LogP contribution is 2.45. The first-order chi connectivity index (χ1) is 14.8. The minimum Gasteiger partial charge on any atom is -0.384 e. The van der Waals surface area contributed by atoms with Gasteiger partial charge in [0.1, 0.15) is 11.9 Å². The molecule has 7 nitrogen and oxygen atoms in total. The Morgan fingerprint density at radius 2 is 1.94 bits per heavy atom. The number of rotatable bonds is 9. The molecule has 0 radical (unpaired) electrons. The van der Waals surface area contributed by atoms with Gasteiger partial charge in [-0.1, -0.05) is 51.5 Å². The summed E-state index contributed by atoms with van der Waals surface area (Å²) in [6.07, 6.45) is 9.69. The second kappa shape index (κ2) is 10.8. The number of fused-ring (bicyclic) bond motifs is 1. The lowest BCUT2D eigenvalue weighted by Crippen LogP contribution is -2.49. The van der Waals surface area contributed by atoms with Crippen LogP contribution in [0.1, 0.15) is 76.0 Å². The summed E-state index contributed by atoms with van der Waals surface area (Å²) in [6.45, 7) is 3.99. The van der Waals surface area contributed by atoms with Crippen molar-refractivity contribution in [2.45, 2.75) is 84.2 Å². The van der Waals surface area contributed by atoms with E-state index in [1.54, 1.807) is 6.07 Å². The number of amides is 1. The van der Waals surface area contributed by atoms with E-state index in [9.17, 15) is 13.2 Å². The van der Waals surface area contributed by atoms with E-state index in [0.717, 1.165) is 23.6 Å². The predicted molar refractivity (Wildman–Crippen MR) is 124 cm³/mol. The quantitative estimate of drug-likeness (QED) is 0.534. The van der Waals surface area contributed by atoms with Gasteiger partial charge in [0.05, 0.1) is 5.75 Å². The molecule has 0 spiro atoms. The molecule has 4 atom stereocenters. The molecule has 3 unspecified atom stereocenters. The zero-order valence-corrected chi connectivity index (χ0v) is 19.7. The van der Waals surface area contributed by atoms with E-state index < -0.39 is 16.1 Å². The van der Waals surface area contributed by atoms with Gasteiger partial charge in [0.15, 0.2) is 0 Å². The number of sulfonamides is 1. The van der Waals surface area contributed by atoms with Gasteiger partial charge in [-0.3, -0.25) is 4.79 Å². The van der Waals surface area contributed by atoms with Gasteiger partial charge in [-0.05, 0) is 55.6 Å². The predicted octanol–water partition coefficient (Wildman–Crippen LogP) is 3.28. The first-order valence-corrected chi connectivity index (χ1v) is 13.4. The second-order valence-corrected chi connectivity index (χ2v) is 11.2. The Hall–Kier alpha value is -1.67. The Balaban J connectivity index is 1.71. The van der Waals surface area contributed by atoms with Crippen LogP contribution in [0.3, 0.4) is 0 Å². The third-order valence-electron chi connectivity index (χ3n) is 7.04. The first kappa shape index (κ1) is 24.0. The summed E-state index contributed by atoms with van der Waals surface area (Å²) in [5.41, 5.74) is 7.35. The number of pyridine rings is 1. The molecule has 4 N–H and O–H groups in total. The molecule has 1 aromatic rings. The maximum Gasteiger partial charge on any atom is 0.238 e. The summed E-state index contributed by atoms with van der Waals surface area (Å²) in [5.74, 6) is 1.99. The Labute approximate surface area is 187 Å². The minimum atomic E-state index is -3.49. The molecule has 2 saturated carbocycles. The van der Waals surface area contributed by atoms with Crippen molar-refractivity contribution in [2.24, 2.45) is 17.8 Å². The SMILES string of the molecule is CCCS(=O)(=O)N[C@@H](CC1CCCC2CCCCC21)C(=O)NCc1ccc(N)nc1C. The molecule has 2 aliphatic carbocycles. The summed E-state index contributed by atoms with van der Waals surface area (Å²) < 4.78 is 27.8. The number of aromatic nitrogens is 1. The van der Waals surface area contributed by atoms with Crippen LogP contribution in [0.15, 0.2) is 12.1 Å². The molecule has 0 saturated heterocycles. The molecule has 0 bridgehead atoms. The van der Waals surface area contributed by atoms with Gasteiger partial charge in [0, 0.05) is 12.2 Å². The van der Waals surface area contributed by atoms with E-state index >= 15 is 0 Å². The lowest BCUT2D eigenvalue weighted by Gasteiger charge is -2.42. The average Bonchev–Trinajstić information content (AvgIpc) is 2.72. The number of carbonyl (C=O) groups is 1. The van der Waals surface area contributed by atoms with Gasteiger partial charge < -0.3 is 11.1 Å². The van der Waals surface area contributed by atoms with E-state index in [1.165, 1.54) is 38.5 Å². The summed E-state index contributed by atoms with van der Waals surface area (Å²) in [4.78, 5) is 17.4. The highest BCUT2D eigenvalue weighted by molar-refractivity contribution is 7.89. The van der Waals surface area contributed by atoms with Crippen molar-refractivity contribution in [3.8, 4) is 0 Å². The largest absolute Gasteiger partial charge is 0.384 e. The van der Waals surface area contributed by atoms with Crippen molar-refractivity contribution in [2.75, 3.05) is 11.5 Å². The van der Waals surface area contributed by atoms with E-state index in [0.29, 0.717) is 37.0 Å². The number of aryl methyl sites for hydroxylation is 1. The number of nitrogen functional groups attached to an aromatic ring is 1. The molecule has 0 aliphatic heterocycles. The molecule has 1 heterocycles. The number of nitrogens with zero attached hydrogens (tertiary/aromatic N) is 1. The molecule has 8 heteroatoms. The van der Waals surface area contributed by atoms with Gasteiger partial charge in [0.2, 0.25) is 15.9 Å². The van der Waals surface area contributed by atoms with Crippen LogP contribution >= 0.6 is 0 Å². The molecule has 3 rings (SSSR count). The topological polar surface area (TPSA) is 114 Å².